The molecule has 2 aliphatic rings. The topological polar surface area (TPSA) is 78.4 Å². The number of hydrogen-bond acceptors (Lipinski definition) is 7. The molecule has 4 rings (SSSR count). The monoisotopic (exact) mass is 459 g/mol. The van der Waals surface area contributed by atoms with E-state index in [4.69, 9.17) is 0 Å². The first kappa shape index (κ1) is 22.1. The van der Waals surface area contributed by atoms with Crippen molar-refractivity contribution in [2.45, 2.75) is 48.9 Å². The van der Waals surface area contributed by atoms with Crippen LogP contribution in [-0.4, -0.2) is 64.9 Å². The lowest BCUT2D eigenvalue weighted by molar-refractivity contribution is -0.131. The number of nitrogens with zero attached hydrogens (tertiary/aromatic N) is 4. The molecule has 1 saturated carbocycles. The van der Waals surface area contributed by atoms with Crippen molar-refractivity contribution >= 4 is 40.0 Å². The van der Waals surface area contributed by atoms with Crippen LogP contribution in [0.1, 0.15) is 37.7 Å². The minimum atomic E-state index is 0.0799. The van der Waals surface area contributed by atoms with E-state index in [1.165, 1.54) is 41.5 Å². The lowest BCUT2D eigenvalue weighted by Crippen LogP contribution is -2.48. The quantitative estimate of drug-likeness (QED) is 0.612. The van der Waals surface area contributed by atoms with Gasteiger partial charge in [-0.25, -0.2) is 0 Å². The summed E-state index contributed by atoms with van der Waals surface area (Å²) in [6.45, 7) is 2.94. The summed E-state index contributed by atoms with van der Waals surface area (Å²) in [5.41, 5.74) is 1.20. The third-order valence-electron chi connectivity index (χ3n) is 5.82. The number of aryl methyl sites for hydroxylation is 1. The van der Waals surface area contributed by atoms with Crippen LogP contribution in [0.5, 0.6) is 0 Å². The first-order valence-electron chi connectivity index (χ1n) is 11.0. The molecule has 0 unspecified atom stereocenters. The SMILES string of the molecule is O=C(CSc1nnc(N2CCN(C(=O)CCc3ccccc3)CC2)s1)NC1CCCC1. The molecule has 2 fully saturated rings. The largest absolute Gasteiger partial charge is 0.353 e. The van der Waals surface area contributed by atoms with Gasteiger partial charge in [0.25, 0.3) is 0 Å². The van der Waals surface area contributed by atoms with Crippen LogP contribution in [0.4, 0.5) is 5.13 Å². The zero-order valence-corrected chi connectivity index (χ0v) is 19.3. The number of aromatic nitrogens is 2. The number of carbonyl (C=O) groups excluding carboxylic acids is 2. The van der Waals surface area contributed by atoms with Crippen LogP contribution in [0.15, 0.2) is 34.7 Å². The van der Waals surface area contributed by atoms with E-state index in [9.17, 15) is 9.59 Å². The second kappa shape index (κ2) is 10.9. The van der Waals surface area contributed by atoms with Gasteiger partial charge in [0, 0.05) is 38.6 Å². The van der Waals surface area contributed by atoms with Crippen molar-refractivity contribution in [1.29, 1.82) is 0 Å². The second-order valence-electron chi connectivity index (χ2n) is 8.04. The molecule has 1 aliphatic heterocycles. The lowest BCUT2D eigenvalue weighted by Gasteiger charge is -2.34. The Hall–Kier alpha value is -2.13. The highest BCUT2D eigenvalue weighted by atomic mass is 32.2. The summed E-state index contributed by atoms with van der Waals surface area (Å²) >= 11 is 2.97. The molecule has 1 saturated heterocycles. The van der Waals surface area contributed by atoms with Gasteiger partial charge in [-0.2, -0.15) is 0 Å². The van der Waals surface area contributed by atoms with Gasteiger partial charge in [0.05, 0.1) is 5.75 Å². The zero-order valence-electron chi connectivity index (χ0n) is 17.7. The molecule has 0 spiro atoms. The van der Waals surface area contributed by atoms with Crippen LogP contribution in [0, 0.1) is 0 Å². The van der Waals surface area contributed by atoms with Crippen molar-refractivity contribution in [2.24, 2.45) is 0 Å². The zero-order chi connectivity index (χ0) is 21.5. The highest BCUT2D eigenvalue weighted by Gasteiger charge is 2.23. The van der Waals surface area contributed by atoms with Crippen LogP contribution in [0.3, 0.4) is 0 Å². The van der Waals surface area contributed by atoms with Gasteiger partial charge >= 0.3 is 0 Å². The van der Waals surface area contributed by atoms with Crippen LogP contribution < -0.4 is 10.2 Å². The molecule has 0 radical (unpaired) electrons. The summed E-state index contributed by atoms with van der Waals surface area (Å²) in [5, 5.41) is 12.5. The number of anilines is 1. The molecule has 1 aromatic carbocycles. The Morgan fingerprint density at radius 1 is 1.06 bits per heavy atom. The average Bonchev–Trinajstić information content (AvgIpc) is 3.49. The fraction of sp³-hybridized carbons (Fsp3) is 0.545. The molecule has 0 atom stereocenters. The molecule has 1 aromatic heterocycles. The van der Waals surface area contributed by atoms with E-state index in [1.807, 2.05) is 23.1 Å². The number of amides is 2. The number of piperazine rings is 1. The molecule has 2 aromatic rings. The van der Waals surface area contributed by atoms with Crippen molar-refractivity contribution in [1.82, 2.24) is 20.4 Å². The van der Waals surface area contributed by atoms with Gasteiger partial charge in [0.2, 0.25) is 16.9 Å². The lowest BCUT2D eigenvalue weighted by atomic mass is 10.1. The Bertz CT molecular complexity index is 862. The maximum atomic E-state index is 12.5. The van der Waals surface area contributed by atoms with E-state index < -0.39 is 0 Å². The van der Waals surface area contributed by atoms with Gasteiger partial charge in [-0.1, -0.05) is 66.3 Å². The van der Waals surface area contributed by atoms with Gasteiger partial charge in [-0.3, -0.25) is 9.59 Å². The predicted molar refractivity (Wildman–Crippen MR) is 125 cm³/mol. The highest BCUT2D eigenvalue weighted by molar-refractivity contribution is 8.01. The molecular weight excluding hydrogens is 430 g/mol. The van der Waals surface area contributed by atoms with Crippen LogP contribution in [0.25, 0.3) is 0 Å². The summed E-state index contributed by atoms with van der Waals surface area (Å²) in [7, 11) is 0. The van der Waals surface area contributed by atoms with E-state index >= 15 is 0 Å². The second-order valence-corrected chi connectivity index (χ2v) is 10.2. The highest BCUT2D eigenvalue weighted by Crippen LogP contribution is 2.29. The maximum Gasteiger partial charge on any atom is 0.230 e. The van der Waals surface area contributed by atoms with E-state index in [0.29, 0.717) is 31.3 Å². The van der Waals surface area contributed by atoms with Crippen molar-refractivity contribution < 1.29 is 9.59 Å². The van der Waals surface area contributed by atoms with Crippen molar-refractivity contribution in [2.75, 3.05) is 36.8 Å². The Morgan fingerprint density at radius 2 is 1.81 bits per heavy atom. The third kappa shape index (κ3) is 6.43. The smallest absolute Gasteiger partial charge is 0.230 e. The summed E-state index contributed by atoms with van der Waals surface area (Å²) in [6, 6.07) is 10.5. The first-order valence-corrected chi connectivity index (χ1v) is 12.8. The van der Waals surface area contributed by atoms with E-state index in [2.05, 4.69) is 32.5 Å². The first-order chi connectivity index (χ1) is 15.2. The molecule has 166 valence electrons. The molecule has 1 N–H and O–H groups in total. The number of thioether (sulfide) groups is 1. The fourth-order valence-electron chi connectivity index (χ4n) is 4.06. The number of nitrogens with one attached hydrogen (secondary N) is 1. The number of rotatable bonds is 8. The summed E-state index contributed by atoms with van der Waals surface area (Å²) < 4.78 is 0.818. The Balaban J connectivity index is 1.18. The summed E-state index contributed by atoms with van der Waals surface area (Å²) in [6.07, 6.45) is 5.95. The Morgan fingerprint density at radius 3 is 2.55 bits per heavy atom. The third-order valence-corrected chi connectivity index (χ3v) is 7.93. The molecule has 2 amide bonds. The number of benzene rings is 1. The van der Waals surface area contributed by atoms with Crippen molar-refractivity contribution in [3.63, 3.8) is 0 Å². The Kier molecular flexibility index (Phi) is 7.80. The minimum Gasteiger partial charge on any atom is -0.353 e. The number of carbonyl (C=O) groups is 2. The molecule has 7 nitrogen and oxygen atoms in total. The molecule has 31 heavy (non-hydrogen) atoms. The normalized spacial score (nSPS) is 17.2. The predicted octanol–water partition coefficient (Wildman–Crippen LogP) is 2.97. The molecule has 9 heteroatoms. The standard InChI is InChI=1S/C22H29N5O2S2/c28-19(23-18-8-4-5-9-18)16-30-22-25-24-21(31-22)27-14-12-26(13-15-27)20(29)11-10-17-6-2-1-3-7-17/h1-3,6-7,18H,4-5,8-16H2,(H,23,28). The van der Waals surface area contributed by atoms with Gasteiger partial charge in [-0.15, -0.1) is 10.2 Å². The van der Waals surface area contributed by atoms with Crippen LogP contribution in [0.2, 0.25) is 0 Å². The van der Waals surface area contributed by atoms with Gasteiger partial charge in [0.15, 0.2) is 4.34 Å². The van der Waals surface area contributed by atoms with E-state index in [-0.39, 0.29) is 11.8 Å². The minimum absolute atomic E-state index is 0.0799. The van der Waals surface area contributed by atoms with Gasteiger partial charge < -0.3 is 15.1 Å². The van der Waals surface area contributed by atoms with Crippen molar-refractivity contribution in [3.05, 3.63) is 35.9 Å². The van der Waals surface area contributed by atoms with Gasteiger partial charge in [-0.05, 0) is 24.8 Å². The fourth-order valence-corrected chi connectivity index (χ4v) is 5.76. The number of hydrogen-bond donors (Lipinski definition) is 1. The molecule has 2 heterocycles. The van der Waals surface area contributed by atoms with Crippen LogP contribution >= 0.6 is 23.1 Å². The molecule has 0 bridgehead atoms. The van der Waals surface area contributed by atoms with E-state index in [0.717, 1.165) is 41.8 Å². The van der Waals surface area contributed by atoms with Crippen molar-refractivity contribution in [3.8, 4) is 0 Å². The summed E-state index contributed by atoms with van der Waals surface area (Å²) in [5.74, 6) is 0.677. The Labute approximate surface area is 191 Å². The van der Waals surface area contributed by atoms with Crippen LogP contribution in [-0.2, 0) is 16.0 Å². The summed E-state index contributed by atoms with van der Waals surface area (Å²) in [4.78, 5) is 28.8. The van der Waals surface area contributed by atoms with Gasteiger partial charge in [0.1, 0.15) is 0 Å². The average molecular weight is 460 g/mol. The molecule has 1 aliphatic carbocycles. The maximum absolute atomic E-state index is 12.5. The van der Waals surface area contributed by atoms with E-state index in [1.54, 1.807) is 0 Å². The molecular formula is C22H29N5O2S2.